The molecule has 0 spiro atoms. The van der Waals surface area contributed by atoms with Crippen LogP contribution < -0.4 is 10.5 Å². The van der Waals surface area contributed by atoms with Gasteiger partial charge in [-0.15, -0.1) is 0 Å². The van der Waals surface area contributed by atoms with Crippen LogP contribution in [0.25, 0.3) is 0 Å². The monoisotopic (exact) mass is 288 g/mol. The van der Waals surface area contributed by atoms with Crippen LogP contribution in [-0.4, -0.2) is 37.1 Å². The van der Waals surface area contributed by atoms with Gasteiger partial charge in [0.05, 0.1) is 5.56 Å². The van der Waals surface area contributed by atoms with Crippen LogP contribution in [0.2, 0.25) is 0 Å². The van der Waals surface area contributed by atoms with Gasteiger partial charge >= 0.3 is 6.61 Å². The van der Waals surface area contributed by atoms with Crippen LogP contribution in [0.5, 0.6) is 5.75 Å². The van der Waals surface area contributed by atoms with Crippen molar-refractivity contribution in [3.8, 4) is 5.75 Å². The predicted octanol–water partition coefficient (Wildman–Crippen LogP) is 1.85. The largest absolute Gasteiger partial charge is 0.434 e. The van der Waals surface area contributed by atoms with Gasteiger partial charge in [-0.05, 0) is 31.0 Å². The summed E-state index contributed by atoms with van der Waals surface area (Å²) in [5, 5.41) is 0. The minimum absolute atomic E-state index is 0.0654. The molecule has 0 saturated carbocycles. The van der Waals surface area contributed by atoms with Crippen LogP contribution in [0.1, 0.15) is 16.8 Å². The van der Waals surface area contributed by atoms with E-state index < -0.39 is 24.1 Å². The van der Waals surface area contributed by atoms with Crippen molar-refractivity contribution in [3.05, 3.63) is 29.6 Å². The molecule has 1 aromatic carbocycles. The summed E-state index contributed by atoms with van der Waals surface area (Å²) in [5.74, 6) is -1.42. The normalized spacial score (nSPS) is 18.6. The molecule has 4 nitrogen and oxygen atoms in total. The Morgan fingerprint density at radius 2 is 2.25 bits per heavy atom. The summed E-state index contributed by atoms with van der Waals surface area (Å²) in [4.78, 5) is 13.8. The van der Waals surface area contributed by atoms with Crippen molar-refractivity contribution in [2.24, 2.45) is 11.7 Å². The van der Waals surface area contributed by atoms with Crippen LogP contribution in [0, 0.1) is 11.7 Å². The van der Waals surface area contributed by atoms with Gasteiger partial charge in [-0.3, -0.25) is 4.79 Å². The van der Waals surface area contributed by atoms with E-state index in [1.165, 1.54) is 4.90 Å². The standard InChI is InChI=1S/C13H15F3N2O2/c14-9-1-2-10(11(5-9)20-13(15)16)12(19)18-4-3-8(6-17)7-18/h1-2,5,8,13H,3-4,6-7,17H2. The van der Waals surface area contributed by atoms with E-state index >= 15 is 0 Å². The molecule has 2 N–H and O–H groups in total. The average Bonchev–Trinajstić information content (AvgIpc) is 2.86. The number of amides is 1. The second kappa shape index (κ2) is 6.13. The van der Waals surface area contributed by atoms with Crippen LogP contribution in [0.3, 0.4) is 0 Å². The number of hydrogen-bond acceptors (Lipinski definition) is 3. The Morgan fingerprint density at radius 1 is 1.50 bits per heavy atom. The molecule has 1 amide bonds. The average molecular weight is 288 g/mol. The molecule has 1 aliphatic heterocycles. The quantitative estimate of drug-likeness (QED) is 0.920. The minimum atomic E-state index is -3.11. The Labute approximate surface area is 114 Å². The first-order chi connectivity index (χ1) is 9.51. The third-order valence-corrected chi connectivity index (χ3v) is 3.30. The highest BCUT2D eigenvalue weighted by molar-refractivity contribution is 5.97. The summed E-state index contributed by atoms with van der Waals surface area (Å²) in [5.41, 5.74) is 5.47. The maximum absolute atomic E-state index is 13.1. The van der Waals surface area contributed by atoms with E-state index in [1.54, 1.807) is 0 Å². The highest BCUT2D eigenvalue weighted by Crippen LogP contribution is 2.26. The lowest BCUT2D eigenvalue weighted by Crippen LogP contribution is -2.30. The highest BCUT2D eigenvalue weighted by atomic mass is 19.3. The number of rotatable bonds is 4. The molecule has 0 bridgehead atoms. The first-order valence-electron chi connectivity index (χ1n) is 6.25. The van der Waals surface area contributed by atoms with E-state index in [2.05, 4.69) is 4.74 Å². The molecule has 7 heteroatoms. The maximum Gasteiger partial charge on any atom is 0.387 e. The number of carbonyl (C=O) groups is 1. The van der Waals surface area contributed by atoms with Gasteiger partial charge in [-0.1, -0.05) is 0 Å². The first-order valence-corrected chi connectivity index (χ1v) is 6.25. The van der Waals surface area contributed by atoms with Crippen molar-refractivity contribution in [2.45, 2.75) is 13.0 Å². The Hall–Kier alpha value is -1.76. The molecule has 1 aliphatic rings. The molecule has 1 unspecified atom stereocenters. The third kappa shape index (κ3) is 3.22. The lowest BCUT2D eigenvalue weighted by atomic mass is 10.1. The van der Waals surface area contributed by atoms with Gasteiger partial charge in [0, 0.05) is 19.2 Å². The number of carbonyl (C=O) groups excluding carboxylic acids is 1. The molecule has 1 saturated heterocycles. The molecule has 110 valence electrons. The van der Waals surface area contributed by atoms with Gasteiger partial charge in [-0.25, -0.2) is 4.39 Å². The van der Waals surface area contributed by atoms with Crippen molar-refractivity contribution >= 4 is 5.91 Å². The molecule has 2 rings (SSSR count). The van der Waals surface area contributed by atoms with Crippen molar-refractivity contribution in [1.82, 2.24) is 4.90 Å². The zero-order valence-electron chi connectivity index (χ0n) is 10.7. The van der Waals surface area contributed by atoms with Crippen molar-refractivity contribution in [3.63, 3.8) is 0 Å². The summed E-state index contributed by atoms with van der Waals surface area (Å²) in [7, 11) is 0. The first kappa shape index (κ1) is 14.6. The number of hydrogen-bond donors (Lipinski definition) is 1. The minimum Gasteiger partial charge on any atom is -0.434 e. The molecule has 0 aliphatic carbocycles. The van der Waals surface area contributed by atoms with Crippen LogP contribution in [0.15, 0.2) is 18.2 Å². The molecule has 1 atom stereocenters. The summed E-state index contributed by atoms with van der Waals surface area (Å²) in [6, 6.07) is 2.99. The zero-order valence-corrected chi connectivity index (χ0v) is 10.7. The fourth-order valence-corrected chi connectivity index (χ4v) is 2.25. The molecule has 0 radical (unpaired) electrons. The van der Waals surface area contributed by atoms with E-state index in [1.807, 2.05) is 0 Å². The number of likely N-dealkylation sites (tertiary alicyclic amines) is 1. The maximum atomic E-state index is 13.1. The van der Waals surface area contributed by atoms with Crippen LogP contribution >= 0.6 is 0 Å². The molecule has 0 aromatic heterocycles. The van der Waals surface area contributed by atoms with Gasteiger partial charge in [0.2, 0.25) is 0 Å². The summed E-state index contributed by atoms with van der Waals surface area (Å²) in [6.07, 6.45) is 0.772. The Kier molecular flexibility index (Phi) is 4.49. The number of benzene rings is 1. The zero-order chi connectivity index (χ0) is 14.7. The third-order valence-electron chi connectivity index (χ3n) is 3.30. The van der Waals surface area contributed by atoms with Gasteiger partial charge in [-0.2, -0.15) is 8.78 Å². The lowest BCUT2D eigenvalue weighted by molar-refractivity contribution is -0.0504. The number of ether oxygens (including phenoxy) is 1. The SMILES string of the molecule is NCC1CCN(C(=O)c2ccc(F)cc2OC(F)F)C1. The van der Waals surface area contributed by atoms with E-state index in [4.69, 9.17) is 5.73 Å². The van der Waals surface area contributed by atoms with Gasteiger partial charge in [0.1, 0.15) is 11.6 Å². The second-order valence-corrected chi connectivity index (χ2v) is 4.66. The van der Waals surface area contributed by atoms with Crippen molar-refractivity contribution in [2.75, 3.05) is 19.6 Å². The van der Waals surface area contributed by atoms with E-state index in [-0.39, 0.29) is 11.5 Å². The highest BCUT2D eigenvalue weighted by Gasteiger charge is 2.28. The molecular weight excluding hydrogens is 273 g/mol. The van der Waals surface area contributed by atoms with Gasteiger partial charge in [0.25, 0.3) is 5.91 Å². The smallest absolute Gasteiger partial charge is 0.387 e. The van der Waals surface area contributed by atoms with Crippen LogP contribution in [-0.2, 0) is 0 Å². The second-order valence-electron chi connectivity index (χ2n) is 4.66. The Bertz CT molecular complexity index is 497. The topological polar surface area (TPSA) is 55.6 Å². The number of alkyl halides is 2. The molecule has 1 fully saturated rings. The number of nitrogens with two attached hydrogens (primary N) is 1. The fourth-order valence-electron chi connectivity index (χ4n) is 2.25. The summed E-state index contributed by atoms with van der Waals surface area (Å²) >= 11 is 0. The number of nitrogens with zero attached hydrogens (tertiary/aromatic N) is 1. The Balaban J connectivity index is 2.21. The molecular formula is C13H15F3N2O2. The van der Waals surface area contributed by atoms with E-state index in [9.17, 15) is 18.0 Å². The van der Waals surface area contributed by atoms with E-state index in [0.717, 1.165) is 24.6 Å². The fraction of sp³-hybridized carbons (Fsp3) is 0.462. The van der Waals surface area contributed by atoms with Gasteiger partial charge in [0.15, 0.2) is 0 Å². The lowest BCUT2D eigenvalue weighted by Gasteiger charge is -2.18. The summed E-state index contributed by atoms with van der Waals surface area (Å²) < 4.78 is 41.9. The van der Waals surface area contributed by atoms with Crippen LogP contribution in [0.4, 0.5) is 13.2 Å². The summed E-state index contributed by atoms with van der Waals surface area (Å²) in [6.45, 7) is -1.67. The molecule has 1 aromatic rings. The van der Waals surface area contributed by atoms with E-state index in [0.29, 0.717) is 19.6 Å². The van der Waals surface area contributed by atoms with Crippen molar-refractivity contribution in [1.29, 1.82) is 0 Å². The number of halogens is 3. The molecule has 1 heterocycles. The molecule has 20 heavy (non-hydrogen) atoms. The van der Waals surface area contributed by atoms with Crippen molar-refractivity contribution < 1.29 is 22.7 Å². The Morgan fingerprint density at radius 3 is 2.85 bits per heavy atom. The predicted molar refractivity (Wildman–Crippen MR) is 66.1 cm³/mol. The van der Waals surface area contributed by atoms with Gasteiger partial charge < -0.3 is 15.4 Å².